The zero-order chi connectivity index (χ0) is 18.4. The second-order valence-electron chi connectivity index (χ2n) is 5.36. The maximum atomic E-state index is 12.4. The zero-order valence-corrected chi connectivity index (χ0v) is 15.8. The van der Waals surface area contributed by atoms with E-state index in [2.05, 4.69) is 10.6 Å². The average Bonchev–Trinajstić information content (AvgIpc) is 2.56. The normalized spacial score (nSPS) is 16.8. The van der Waals surface area contributed by atoms with Gasteiger partial charge in [0, 0.05) is 5.70 Å². The summed E-state index contributed by atoms with van der Waals surface area (Å²) in [7, 11) is 0. The van der Waals surface area contributed by atoms with Crippen LogP contribution >= 0.6 is 12.2 Å². The summed E-state index contributed by atoms with van der Waals surface area (Å²) < 4.78 is 16.5. The van der Waals surface area contributed by atoms with Crippen molar-refractivity contribution in [3.63, 3.8) is 0 Å². The molecule has 0 amide bonds. The van der Waals surface area contributed by atoms with Gasteiger partial charge in [0.25, 0.3) is 0 Å². The van der Waals surface area contributed by atoms with Crippen LogP contribution in [0, 0.1) is 0 Å². The van der Waals surface area contributed by atoms with E-state index in [4.69, 9.17) is 26.4 Å². The average molecular weight is 364 g/mol. The first-order valence-electron chi connectivity index (χ1n) is 8.36. The minimum atomic E-state index is -0.414. The van der Waals surface area contributed by atoms with Gasteiger partial charge in [-0.2, -0.15) is 0 Å². The van der Waals surface area contributed by atoms with Crippen LogP contribution in [0.4, 0.5) is 0 Å². The monoisotopic (exact) mass is 364 g/mol. The summed E-state index contributed by atoms with van der Waals surface area (Å²) in [6.45, 7) is 8.78. The summed E-state index contributed by atoms with van der Waals surface area (Å²) in [5, 5.41) is 6.58. The Balaban J connectivity index is 2.45. The maximum absolute atomic E-state index is 12.4. The van der Waals surface area contributed by atoms with E-state index in [1.807, 2.05) is 39.0 Å². The number of allylic oxidation sites excluding steroid dienone is 1. The van der Waals surface area contributed by atoms with Gasteiger partial charge in [0.05, 0.1) is 31.4 Å². The van der Waals surface area contributed by atoms with Crippen LogP contribution in [0.3, 0.4) is 0 Å². The number of hydrogen-bond donors (Lipinski definition) is 2. The van der Waals surface area contributed by atoms with Crippen LogP contribution in [0.5, 0.6) is 11.5 Å². The summed E-state index contributed by atoms with van der Waals surface area (Å²) in [5.74, 6) is 0.927. The largest absolute Gasteiger partial charge is 0.490 e. The molecule has 2 N–H and O–H groups in total. The summed E-state index contributed by atoms with van der Waals surface area (Å²) in [6.07, 6.45) is 0. The van der Waals surface area contributed by atoms with Gasteiger partial charge in [0.1, 0.15) is 0 Å². The number of nitrogens with one attached hydrogen (secondary N) is 2. The minimum Gasteiger partial charge on any atom is -0.490 e. The number of ether oxygens (including phenoxy) is 3. The lowest BCUT2D eigenvalue weighted by atomic mass is 9.95. The van der Waals surface area contributed by atoms with E-state index in [1.165, 1.54) is 0 Å². The van der Waals surface area contributed by atoms with E-state index in [9.17, 15) is 4.79 Å². The molecule has 0 aliphatic carbocycles. The van der Waals surface area contributed by atoms with Crippen LogP contribution in [0.2, 0.25) is 0 Å². The molecule has 0 spiro atoms. The molecule has 1 aromatic carbocycles. The molecule has 0 aromatic heterocycles. The lowest BCUT2D eigenvalue weighted by Gasteiger charge is -2.30. The molecule has 1 atom stereocenters. The molecule has 1 heterocycles. The molecule has 1 aliphatic rings. The van der Waals surface area contributed by atoms with Gasteiger partial charge >= 0.3 is 5.97 Å². The Labute approximate surface area is 153 Å². The standard InChI is InChI=1S/C18H24N2O4S/c1-5-22-13-9-8-12(10-14(13)23-6-2)16-15(17(21)24-7-3)11(4)19-18(25)20-16/h8-10,16H,5-7H2,1-4H3,(H2,19,20,25)/t16-/m1/s1. The van der Waals surface area contributed by atoms with Crippen molar-refractivity contribution in [1.82, 2.24) is 10.6 Å². The lowest BCUT2D eigenvalue weighted by Crippen LogP contribution is -2.45. The van der Waals surface area contributed by atoms with E-state index < -0.39 is 6.04 Å². The quantitative estimate of drug-likeness (QED) is 0.569. The van der Waals surface area contributed by atoms with Crippen molar-refractivity contribution >= 4 is 23.3 Å². The molecular formula is C18H24N2O4S. The molecule has 0 saturated heterocycles. The molecule has 0 saturated carbocycles. The Hall–Kier alpha value is -2.28. The second kappa shape index (κ2) is 8.71. The third-order valence-electron chi connectivity index (χ3n) is 3.67. The molecule has 7 heteroatoms. The van der Waals surface area contributed by atoms with Crippen molar-refractivity contribution < 1.29 is 19.0 Å². The fraction of sp³-hybridized carbons (Fsp3) is 0.444. The SMILES string of the molecule is CCOC(=O)C1=C(C)NC(=S)N[C@@H]1c1ccc(OCC)c(OCC)c1. The van der Waals surface area contributed by atoms with Crippen molar-refractivity contribution in [3.05, 3.63) is 35.0 Å². The predicted molar refractivity (Wildman–Crippen MR) is 99.7 cm³/mol. The van der Waals surface area contributed by atoms with Crippen molar-refractivity contribution in [2.45, 2.75) is 33.7 Å². The highest BCUT2D eigenvalue weighted by molar-refractivity contribution is 7.80. The number of carbonyl (C=O) groups is 1. The summed E-state index contributed by atoms with van der Waals surface area (Å²) in [4.78, 5) is 12.4. The number of benzene rings is 1. The van der Waals surface area contributed by atoms with Gasteiger partial charge in [-0.3, -0.25) is 0 Å². The molecule has 0 bridgehead atoms. The molecule has 0 radical (unpaired) electrons. The van der Waals surface area contributed by atoms with Gasteiger partial charge in [-0.15, -0.1) is 0 Å². The number of carbonyl (C=O) groups excluding carboxylic acids is 1. The molecule has 6 nitrogen and oxygen atoms in total. The highest BCUT2D eigenvalue weighted by atomic mass is 32.1. The highest BCUT2D eigenvalue weighted by Crippen LogP contribution is 2.34. The maximum Gasteiger partial charge on any atom is 0.338 e. The van der Waals surface area contributed by atoms with Gasteiger partial charge in [0.15, 0.2) is 16.6 Å². The molecular weight excluding hydrogens is 340 g/mol. The van der Waals surface area contributed by atoms with E-state index in [0.717, 1.165) is 5.56 Å². The fourth-order valence-corrected chi connectivity index (χ4v) is 2.94. The fourth-order valence-electron chi connectivity index (χ4n) is 2.67. The van der Waals surface area contributed by atoms with E-state index in [0.29, 0.717) is 47.7 Å². The molecule has 1 aromatic rings. The Bertz CT molecular complexity index is 688. The third-order valence-corrected chi connectivity index (χ3v) is 3.89. The van der Waals surface area contributed by atoms with Gasteiger partial charge in [-0.25, -0.2) is 4.79 Å². The van der Waals surface area contributed by atoms with Crippen LogP contribution in [-0.4, -0.2) is 30.9 Å². The number of rotatable bonds is 7. The van der Waals surface area contributed by atoms with Crippen LogP contribution in [0.25, 0.3) is 0 Å². The van der Waals surface area contributed by atoms with Gasteiger partial charge < -0.3 is 24.8 Å². The number of esters is 1. The van der Waals surface area contributed by atoms with Crippen LogP contribution in [0.1, 0.15) is 39.3 Å². The molecule has 0 fully saturated rings. The van der Waals surface area contributed by atoms with E-state index in [1.54, 1.807) is 6.92 Å². The number of hydrogen-bond acceptors (Lipinski definition) is 5. The predicted octanol–water partition coefficient (Wildman–Crippen LogP) is 2.84. The highest BCUT2D eigenvalue weighted by Gasteiger charge is 2.31. The first-order chi connectivity index (χ1) is 12.0. The van der Waals surface area contributed by atoms with Crippen molar-refractivity contribution in [2.75, 3.05) is 19.8 Å². The summed E-state index contributed by atoms with van der Waals surface area (Å²) in [6, 6.07) is 5.19. The zero-order valence-electron chi connectivity index (χ0n) is 15.0. The minimum absolute atomic E-state index is 0.306. The molecule has 25 heavy (non-hydrogen) atoms. The summed E-state index contributed by atoms with van der Waals surface area (Å²) >= 11 is 5.25. The van der Waals surface area contributed by atoms with Crippen LogP contribution in [0.15, 0.2) is 29.5 Å². The second-order valence-corrected chi connectivity index (χ2v) is 5.77. The van der Waals surface area contributed by atoms with Gasteiger partial charge in [-0.1, -0.05) is 6.07 Å². The van der Waals surface area contributed by atoms with Gasteiger partial charge in [-0.05, 0) is 57.6 Å². The topological polar surface area (TPSA) is 68.8 Å². The Morgan fingerprint density at radius 2 is 1.80 bits per heavy atom. The first kappa shape index (κ1) is 19.1. The van der Waals surface area contributed by atoms with E-state index >= 15 is 0 Å². The Kier molecular flexibility index (Phi) is 6.64. The van der Waals surface area contributed by atoms with Gasteiger partial charge in [0.2, 0.25) is 0 Å². The Morgan fingerprint density at radius 1 is 1.12 bits per heavy atom. The van der Waals surface area contributed by atoms with Crippen molar-refractivity contribution in [2.24, 2.45) is 0 Å². The molecule has 1 aliphatic heterocycles. The molecule has 0 unspecified atom stereocenters. The third kappa shape index (κ3) is 4.42. The smallest absolute Gasteiger partial charge is 0.338 e. The summed E-state index contributed by atoms with van der Waals surface area (Å²) in [5.41, 5.74) is 2.03. The first-order valence-corrected chi connectivity index (χ1v) is 8.77. The molecule has 2 rings (SSSR count). The van der Waals surface area contributed by atoms with Crippen LogP contribution < -0.4 is 20.1 Å². The lowest BCUT2D eigenvalue weighted by molar-refractivity contribution is -0.139. The van der Waals surface area contributed by atoms with Crippen molar-refractivity contribution in [1.29, 1.82) is 0 Å². The van der Waals surface area contributed by atoms with Crippen LogP contribution in [-0.2, 0) is 9.53 Å². The molecule has 136 valence electrons. The van der Waals surface area contributed by atoms with Crippen molar-refractivity contribution in [3.8, 4) is 11.5 Å². The number of thiocarbonyl (C=S) groups is 1. The van der Waals surface area contributed by atoms with E-state index in [-0.39, 0.29) is 5.97 Å². The Morgan fingerprint density at radius 3 is 2.44 bits per heavy atom.